The Morgan fingerprint density at radius 3 is 2.58 bits per heavy atom. The first kappa shape index (κ1) is 16.6. The van der Waals surface area contributed by atoms with Crippen molar-refractivity contribution in [1.82, 2.24) is 15.3 Å². The summed E-state index contributed by atoms with van der Waals surface area (Å²) in [5.74, 6) is 0. The lowest BCUT2D eigenvalue weighted by Gasteiger charge is -2.14. The lowest BCUT2D eigenvalue weighted by atomic mass is 10.1. The fourth-order valence-corrected chi connectivity index (χ4v) is 2.97. The SMILES string of the molecule is C[C@H](CCCCc1ccncc1)NCc1ccc2cnccc2c1. The van der Waals surface area contributed by atoms with Gasteiger partial charge in [0.2, 0.25) is 0 Å². The van der Waals surface area contributed by atoms with Crippen molar-refractivity contribution in [2.45, 2.75) is 45.2 Å². The Bertz CT molecular complexity index is 755. The largest absolute Gasteiger partial charge is 0.310 e. The summed E-state index contributed by atoms with van der Waals surface area (Å²) >= 11 is 0. The van der Waals surface area contributed by atoms with Gasteiger partial charge in [0, 0.05) is 42.8 Å². The zero-order valence-corrected chi connectivity index (χ0v) is 14.3. The van der Waals surface area contributed by atoms with Gasteiger partial charge in [-0.15, -0.1) is 0 Å². The third-order valence-electron chi connectivity index (χ3n) is 4.46. The van der Waals surface area contributed by atoms with Crippen molar-refractivity contribution >= 4 is 10.8 Å². The van der Waals surface area contributed by atoms with Crippen LogP contribution in [0.1, 0.15) is 37.3 Å². The molecule has 0 amide bonds. The highest BCUT2D eigenvalue weighted by atomic mass is 14.9. The summed E-state index contributed by atoms with van der Waals surface area (Å²) in [6, 6.07) is 13.4. The van der Waals surface area contributed by atoms with Crippen LogP contribution in [-0.2, 0) is 13.0 Å². The number of benzene rings is 1. The molecule has 0 aliphatic heterocycles. The molecule has 0 spiro atoms. The maximum absolute atomic E-state index is 4.16. The minimum atomic E-state index is 0.538. The Hall–Kier alpha value is -2.26. The van der Waals surface area contributed by atoms with Gasteiger partial charge in [0.15, 0.2) is 0 Å². The second-order valence-electron chi connectivity index (χ2n) is 6.44. The fourth-order valence-electron chi connectivity index (χ4n) is 2.97. The quantitative estimate of drug-likeness (QED) is 0.620. The van der Waals surface area contributed by atoms with Gasteiger partial charge in [-0.2, -0.15) is 0 Å². The van der Waals surface area contributed by atoms with E-state index in [0.717, 1.165) is 13.0 Å². The molecule has 1 aromatic carbocycles. The monoisotopic (exact) mass is 319 g/mol. The van der Waals surface area contributed by atoms with Crippen LogP contribution in [0.25, 0.3) is 10.8 Å². The van der Waals surface area contributed by atoms with Gasteiger partial charge < -0.3 is 5.32 Å². The molecule has 3 nitrogen and oxygen atoms in total. The van der Waals surface area contributed by atoms with Crippen molar-refractivity contribution in [2.75, 3.05) is 0 Å². The maximum Gasteiger partial charge on any atom is 0.0346 e. The third kappa shape index (κ3) is 4.87. The summed E-state index contributed by atoms with van der Waals surface area (Å²) in [5, 5.41) is 6.09. The van der Waals surface area contributed by atoms with Crippen molar-refractivity contribution in [3.05, 3.63) is 72.3 Å². The predicted molar refractivity (Wildman–Crippen MR) is 99.8 cm³/mol. The molecule has 0 saturated heterocycles. The van der Waals surface area contributed by atoms with E-state index in [2.05, 4.69) is 58.6 Å². The summed E-state index contributed by atoms with van der Waals surface area (Å²) in [6.07, 6.45) is 12.4. The molecule has 3 rings (SSSR count). The van der Waals surface area contributed by atoms with Crippen molar-refractivity contribution < 1.29 is 0 Å². The van der Waals surface area contributed by atoms with E-state index in [0.29, 0.717) is 6.04 Å². The molecule has 0 aliphatic rings. The van der Waals surface area contributed by atoms with E-state index in [-0.39, 0.29) is 0 Å². The van der Waals surface area contributed by atoms with E-state index in [9.17, 15) is 0 Å². The van der Waals surface area contributed by atoms with Gasteiger partial charge in [0.25, 0.3) is 0 Å². The number of rotatable bonds is 8. The third-order valence-corrected chi connectivity index (χ3v) is 4.46. The number of fused-ring (bicyclic) bond motifs is 1. The molecule has 0 aliphatic carbocycles. The molecule has 0 fully saturated rings. The molecule has 0 unspecified atom stereocenters. The zero-order chi connectivity index (χ0) is 16.6. The Labute approximate surface area is 144 Å². The minimum absolute atomic E-state index is 0.538. The summed E-state index contributed by atoms with van der Waals surface area (Å²) in [7, 11) is 0. The first-order valence-corrected chi connectivity index (χ1v) is 8.76. The topological polar surface area (TPSA) is 37.8 Å². The van der Waals surface area contributed by atoms with Crippen molar-refractivity contribution in [3.63, 3.8) is 0 Å². The van der Waals surface area contributed by atoms with Gasteiger partial charge in [0.05, 0.1) is 0 Å². The van der Waals surface area contributed by atoms with Gasteiger partial charge in [0.1, 0.15) is 0 Å². The van der Waals surface area contributed by atoms with Gasteiger partial charge in [-0.05, 0) is 67.0 Å². The van der Waals surface area contributed by atoms with E-state index >= 15 is 0 Å². The number of unbranched alkanes of at least 4 members (excludes halogenated alkanes) is 1. The second kappa shape index (κ2) is 8.55. The summed E-state index contributed by atoms with van der Waals surface area (Å²) in [5.41, 5.74) is 2.72. The smallest absolute Gasteiger partial charge is 0.0346 e. The van der Waals surface area contributed by atoms with Crippen molar-refractivity contribution in [3.8, 4) is 0 Å². The lowest BCUT2D eigenvalue weighted by Crippen LogP contribution is -2.25. The highest BCUT2D eigenvalue weighted by Gasteiger charge is 2.03. The van der Waals surface area contributed by atoms with E-state index < -0.39 is 0 Å². The molecule has 24 heavy (non-hydrogen) atoms. The molecule has 2 heterocycles. The molecule has 3 aromatic rings. The molecular weight excluding hydrogens is 294 g/mol. The Kier molecular flexibility index (Phi) is 5.91. The minimum Gasteiger partial charge on any atom is -0.310 e. The average molecular weight is 319 g/mol. The Balaban J connectivity index is 1.39. The van der Waals surface area contributed by atoms with Crippen LogP contribution in [0.15, 0.2) is 61.2 Å². The van der Waals surface area contributed by atoms with E-state index in [1.807, 2.05) is 24.8 Å². The zero-order valence-electron chi connectivity index (χ0n) is 14.3. The molecule has 0 saturated carbocycles. The molecule has 124 valence electrons. The molecule has 0 bridgehead atoms. The van der Waals surface area contributed by atoms with Crippen molar-refractivity contribution in [1.29, 1.82) is 0 Å². The van der Waals surface area contributed by atoms with Crippen LogP contribution in [0.3, 0.4) is 0 Å². The first-order chi connectivity index (χ1) is 11.8. The fraction of sp³-hybridized carbons (Fsp3) is 0.333. The number of nitrogens with zero attached hydrogens (tertiary/aromatic N) is 2. The van der Waals surface area contributed by atoms with Crippen molar-refractivity contribution in [2.24, 2.45) is 0 Å². The molecule has 1 N–H and O–H groups in total. The molecule has 3 heteroatoms. The molecular formula is C21H25N3. The predicted octanol–water partition coefficient (Wildman–Crippen LogP) is 4.52. The highest BCUT2D eigenvalue weighted by molar-refractivity contribution is 5.81. The Morgan fingerprint density at radius 1 is 0.875 bits per heavy atom. The summed E-state index contributed by atoms with van der Waals surface area (Å²) in [4.78, 5) is 8.22. The first-order valence-electron chi connectivity index (χ1n) is 8.76. The van der Waals surface area contributed by atoms with Crippen LogP contribution in [-0.4, -0.2) is 16.0 Å². The summed E-state index contributed by atoms with van der Waals surface area (Å²) in [6.45, 7) is 3.20. The Morgan fingerprint density at radius 2 is 1.71 bits per heavy atom. The molecule has 0 radical (unpaired) electrons. The normalized spacial score (nSPS) is 12.4. The maximum atomic E-state index is 4.16. The standard InChI is InChI=1S/C21H25N3/c1-17(4-2-3-5-18-8-11-22-12-9-18)24-15-19-6-7-21-16-23-13-10-20(21)14-19/h6-14,16-17,24H,2-5,15H2,1H3/t17-/m1/s1. The van der Waals surface area contributed by atoms with E-state index in [1.54, 1.807) is 0 Å². The van der Waals surface area contributed by atoms with Gasteiger partial charge >= 0.3 is 0 Å². The average Bonchev–Trinajstić information content (AvgIpc) is 2.64. The number of hydrogen-bond donors (Lipinski definition) is 1. The van der Waals surface area contributed by atoms with Gasteiger partial charge in [-0.3, -0.25) is 9.97 Å². The highest BCUT2D eigenvalue weighted by Crippen LogP contribution is 2.15. The van der Waals surface area contributed by atoms with E-state index in [1.165, 1.54) is 41.2 Å². The molecule has 1 atom stereocenters. The lowest BCUT2D eigenvalue weighted by molar-refractivity contribution is 0.489. The van der Waals surface area contributed by atoms with Gasteiger partial charge in [-0.25, -0.2) is 0 Å². The van der Waals surface area contributed by atoms with E-state index in [4.69, 9.17) is 0 Å². The number of aryl methyl sites for hydroxylation is 1. The number of aromatic nitrogens is 2. The summed E-state index contributed by atoms with van der Waals surface area (Å²) < 4.78 is 0. The van der Waals surface area contributed by atoms with Crippen LogP contribution in [0.5, 0.6) is 0 Å². The number of pyridine rings is 2. The number of nitrogens with one attached hydrogen (secondary N) is 1. The van der Waals surface area contributed by atoms with Crippen LogP contribution >= 0.6 is 0 Å². The second-order valence-corrected chi connectivity index (χ2v) is 6.44. The molecule has 2 aromatic heterocycles. The van der Waals surface area contributed by atoms with Crippen LogP contribution in [0, 0.1) is 0 Å². The van der Waals surface area contributed by atoms with Crippen LogP contribution in [0.4, 0.5) is 0 Å². The van der Waals surface area contributed by atoms with Crippen LogP contribution < -0.4 is 5.32 Å². The van der Waals surface area contributed by atoms with Gasteiger partial charge in [-0.1, -0.05) is 18.6 Å². The van der Waals surface area contributed by atoms with Crippen LogP contribution in [0.2, 0.25) is 0 Å². The number of hydrogen-bond acceptors (Lipinski definition) is 3.